The lowest BCUT2D eigenvalue weighted by molar-refractivity contribution is 0.0991. The number of anilines is 1. The van der Waals surface area contributed by atoms with Crippen LogP contribution in [-0.2, 0) is 23.1 Å². The molecule has 1 amide bonds. The number of rotatable bonds is 8. The van der Waals surface area contributed by atoms with Crippen molar-refractivity contribution in [3.8, 4) is 0 Å². The number of thiazole rings is 1. The summed E-state index contributed by atoms with van der Waals surface area (Å²) in [6.07, 6.45) is 3.04. The van der Waals surface area contributed by atoms with Gasteiger partial charge in [0, 0.05) is 23.0 Å². The van der Waals surface area contributed by atoms with Crippen LogP contribution >= 0.6 is 22.7 Å². The number of nitrogens with one attached hydrogen (secondary N) is 1. The molecule has 11 heteroatoms. The summed E-state index contributed by atoms with van der Waals surface area (Å²) in [4.78, 5) is 17.1. The molecular formula is C18H15N3O5S3. The highest BCUT2D eigenvalue weighted by Crippen LogP contribution is 2.25. The second-order valence-electron chi connectivity index (χ2n) is 5.84. The Morgan fingerprint density at radius 2 is 2.00 bits per heavy atom. The molecule has 0 bridgehead atoms. The van der Waals surface area contributed by atoms with Crippen molar-refractivity contribution in [1.29, 1.82) is 0 Å². The molecule has 4 aromatic heterocycles. The van der Waals surface area contributed by atoms with E-state index in [1.807, 2.05) is 17.5 Å². The van der Waals surface area contributed by atoms with Crippen LogP contribution in [0.4, 0.5) is 5.13 Å². The number of nitrogens with zero attached hydrogens (tertiary/aromatic N) is 2. The van der Waals surface area contributed by atoms with Crippen molar-refractivity contribution in [3.05, 3.63) is 76.0 Å². The van der Waals surface area contributed by atoms with Crippen molar-refractivity contribution >= 4 is 43.7 Å². The largest absolute Gasteiger partial charge is 0.468 e. The van der Waals surface area contributed by atoms with Gasteiger partial charge in [0.05, 0.1) is 12.8 Å². The Bertz CT molecular complexity index is 1130. The number of aromatic nitrogens is 1. The first-order valence-electron chi connectivity index (χ1n) is 8.38. The number of furan rings is 2. The molecular weight excluding hydrogens is 434 g/mol. The number of carbonyl (C=O) groups is 1. The first-order chi connectivity index (χ1) is 14.0. The fourth-order valence-electron chi connectivity index (χ4n) is 2.53. The van der Waals surface area contributed by atoms with Crippen LogP contribution in [0.5, 0.6) is 0 Å². The maximum Gasteiger partial charge on any atom is 0.293 e. The van der Waals surface area contributed by atoms with E-state index < -0.39 is 15.9 Å². The first-order valence-corrected chi connectivity index (χ1v) is 11.6. The molecule has 0 saturated heterocycles. The average molecular weight is 450 g/mol. The van der Waals surface area contributed by atoms with E-state index in [2.05, 4.69) is 10.3 Å². The highest BCUT2D eigenvalue weighted by atomic mass is 32.2. The Hall–Kier alpha value is -2.73. The second kappa shape index (κ2) is 8.33. The molecule has 0 aliphatic carbocycles. The molecule has 4 aromatic rings. The summed E-state index contributed by atoms with van der Waals surface area (Å²) in [5.41, 5.74) is 0. The van der Waals surface area contributed by atoms with E-state index in [4.69, 9.17) is 8.83 Å². The van der Waals surface area contributed by atoms with Crippen molar-refractivity contribution in [3.63, 3.8) is 0 Å². The molecule has 4 heterocycles. The van der Waals surface area contributed by atoms with Crippen LogP contribution in [0, 0.1) is 0 Å². The number of thiophene rings is 1. The summed E-state index contributed by atoms with van der Waals surface area (Å²) in [6.45, 7) is 0.191. The molecule has 0 saturated carbocycles. The lowest BCUT2D eigenvalue weighted by Gasteiger charge is -2.19. The van der Waals surface area contributed by atoms with Crippen LogP contribution in [0.15, 0.2) is 73.5 Å². The molecule has 0 spiro atoms. The minimum Gasteiger partial charge on any atom is -0.468 e. The summed E-state index contributed by atoms with van der Waals surface area (Å²) in [7, 11) is -4.01. The predicted octanol–water partition coefficient (Wildman–Crippen LogP) is 4.03. The van der Waals surface area contributed by atoms with Crippen molar-refractivity contribution in [2.45, 2.75) is 18.2 Å². The summed E-state index contributed by atoms with van der Waals surface area (Å²) in [5, 5.41) is 6.23. The molecule has 8 nitrogen and oxygen atoms in total. The number of amides is 1. The van der Waals surface area contributed by atoms with Crippen LogP contribution in [0.1, 0.15) is 21.2 Å². The number of carbonyl (C=O) groups excluding carboxylic acids is 1. The lowest BCUT2D eigenvalue weighted by Crippen LogP contribution is -2.29. The van der Waals surface area contributed by atoms with Gasteiger partial charge in [-0.2, -0.15) is 4.31 Å². The molecule has 0 aliphatic heterocycles. The van der Waals surface area contributed by atoms with Crippen molar-refractivity contribution in [2.75, 3.05) is 5.32 Å². The topological polar surface area (TPSA) is 106 Å². The fourth-order valence-corrected chi connectivity index (χ4v) is 5.15. The molecule has 0 atom stereocenters. The number of sulfonamides is 1. The van der Waals surface area contributed by atoms with Gasteiger partial charge in [-0.1, -0.05) is 6.07 Å². The summed E-state index contributed by atoms with van der Waals surface area (Å²) in [6, 6.07) is 9.70. The number of hydrogen-bond acceptors (Lipinski definition) is 8. The van der Waals surface area contributed by atoms with Gasteiger partial charge in [0.25, 0.3) is 15.9 Å². The van der Waals surface area contributed by atoms with Gasteiger partial charge in [-0.3, -0.25) is 10.1 Å². The van der Waals surface area contributed by atoms with E-state index in [0.29, 0.717) is 10.9 Å². The Morgan fingerprint density at radius 3 is 2.69 bits per heavy atom. The minimum absolute atomic E-state index is 0.0363. The predicted molar refractivity (Wildman–Crippen MR) is 108 cm³/mol. The van der Waals surface area contributed by atoms with Crippen molar-refractivity contribution in [2.24, 2.45) is 0 Å². The van der Waals surface area contributed by atoms with Crippen LogP contribution in [0.3, 0.4) is 0 Å². The van der Waals surface area contributed by atoms with E-state index in [0.717, 1.165) is 4.88 Å². The van der Waals surface area contributed by atoms with Crippen molar-refractivity contribution < 1.29 is 22.0 Å². The standard InChI is InChI=1S/C18H15N3O5S3/c22-17(20-18-19-7-10-28-18)15-5-6-16(26-15)29(23,24)21(11-13-3-1-8-25-13)12-14-4-2-9-27-14/h1-10H,11-12H2,(H,19,20,22). The Kier molecular flexibility index (Phi) is 5.62. The maximum absolute atomic E-state index is 13.2. The van der Waals surface area contributed by atoms with Gasteiger partial charge in [-0.05, 0) is 35.7 Å². The summed E-state index contributed by atoms with van der Waals surface area (Å²) in [5.74, 6) is -0.191. The van der Waals surface area contributed by atoms with Gasteiger partial charge >= 0.3 is 0 Å². The minimum atomic E-state index is -4.01. The normalized spacial score (nSPS) is 11.8. The molecule has 0 unspecified atom stereocenters. The monoisotopic (exact) mass is 449 g/mol. The molecule has 0 fully saturated rings. The zero-order chi connectivity index (χ0) is 20.3. The molecule has 1 N–H and O–H groups in total. The Balaban J connectivity index is 1.58. The third-order valence-electron chi connectivity index (χ3n) is 3.88. The first kappa shape index (κ1) is 19.6. The third-order valence-corrected chi connectivity index (χ3v) is 7.09. The van der Waals surface area contributed by atoms with Gasteiger partial charge in [0.2, 0.25) is 5.09 Å². The van der Waals surface area contributed by atoms with Gasteiger partial charge in [0.1, 0.15) is 5.76 Å². The summed E-state index contributed by atoms with van der Waals surface area (Å²) < 4.78 is 38.3. The van der Waals surface area contributed by atoms with Crippen LogP contribution < -0.4 is 5.32 Å². The van der Waals surface area contributed by atoms with Crippen LogP contribution in [0.25, 0.3) is 0 Å². The lowest BCUT2D eigenvalue weighted by atomic mass is 10.4. The third kappa shape index (κ3) is 4.48. The molecule has 150 valence electrons. The molecule has 29 heavy (non-hydrogen) atoms. The molecule has 0 aliphatic rings. The SMILES string of the molecule is O=C(Nc1nccs1)c1ccc(S(=O)(=O)N(Cc2ccco2)Cc2cccs2)o1. The zero-order valence-corrected chi connectivity index (χ0v) is 17.3. The van der Waals surface area contributed by atoms with Crippen LogP contribution in [-0.4, -0.2) is 23.6 Å². The Morgan fingerprint density at radius 1 is 1.10 bits per heavy atom. The van der Waals surface area contributed by atoms with E-state index in [1.165, 1.54) is 45.4 Å². The highest BCUT2D eigenvalue weighted by molar-refractivity contribution is 7.89. The molecule has 4 rings (SSSR count). The smallest absolute Gasteiger partial charge is 0.293 e. The zero-order valence-electron chi connectivity index (χ0n) is 14.8. The van der Waals surface area contributed by atoms with Gasteiger partial charge in [-0.15, -0.1) is 22.7 Å². The Labute approximate surface area is 174 Å². The summed E-state index contributed by atoms with van der Waals surface area (Å²) >= 11 is 2.70. The van der Waals surface area contributed by atoms with Gasteiger partial charge < -0.3 is 8.83 Å². The quantitative estimate of drug-likeness (QED) is 0.435. The van der Waals surface area contributed by atoms with Gasteiger partial charge in [-0.25, -0.2) is 13.4 Å². The fraction of sp³-hybridized carbons (Fsp3) is 0.111. The highest BCUT2D eigenvalue weighted by Gasteiger charge is 2.30. The molecule has 0 aromatic carbocycles. The van der Waals surface area contributed by atoms with Crippen LogP contribution in [0.2, 0.25) is 0 Å². The number of hydrogen-bond donors (Lipinski definition) is 1. The van der Waals surface area contributed by atoms with E-state index in [-0.39, 0.29) is 23.9 Å². The van der Waals surface area contributed by atoms with E-state index >= 15 is 0 Å². The maximum atomic E-state index is 13.2. The van der Waals surface area contributed by atoms with Crippen molar-refractivity contribution in [1.82, 2.24) is 9.29 Å². The van der Waals surface area contributed by atoms with E-state index in [1.54, 1.807) is 23.7 Å². The van der Waals surface area contributed by atoms with Gasteiger partial charge in [0.15, 0.2) is 10.9 Å². The van der Waals surface area contributed by atoms with E-state index in [9.17, 15) is 13.2 Å². The molecule has 0 radical (unpaired) electrons. The average Bonchev–Trinajstić information content (AvgIpc) is 3.48. The second-order valence-corrected chi connectivity index (χ2v) is 9.64.